The number of nitrogens with one attached hydrogen (secondary N) is 1. The number of anilines is 1. The molecule has 8 heteroatoms. The largest absolute Gasteiger partial charge is 0.356 e. The van der Waals surface area contributed by atoms with Gasteiger partial charge < -0.3 is 10.2 Å². The number of amides is 1. The Bertz CT molecular complexity index is 848. The molecule has 134 valence electrons. The van der Waals surface area contributed by atoms with Gasteiger partial charge in [0.1, 0.15) is 0 Å². The third-order valence-corrected chi connectivity index (χ3v) is 5.35. The number of rotatable bonds is 6. The molecule has 0 bridgehead atoms. The maximum absolute atomic E-state index is 12.4. The van der Waals surface area contributed by atoms with Crippen molar-refractivity contribution in [2.45, 2.75) is 25.4 Å². The molecule has 0 fully saturated rings. The van der Waals surface area contributed by atoms with Gasteiger partial charge in [-0.2, -0.15) is 5.10 Å². The summed E-state index contributed by atoms with van der Waals surface area (Å²) in [7, 11) is 0. The van der Waals surface area contributed by atoms with E-state index in [9.17, 15) is 4.79 Å². The summed E-state index contributed by atoms with van der Waals surface area (Å²) >= 11 is 1.71. The van der Waals surface area contributed by atoms with Crippen LogP contribution in [0.15, 0.2) is 48.2 Å². The monoisotopic (exact) mass is 368 g/mol. The highest BCUT2D eigenvalue weighted by molar-refractivity contribution is 7.09. The van der Waals surface area contributed by atoms with Crippen LogP contribution in [0.3, 0.4) is 0 Å². The molecule has 1 atom stereocenters. The molecule has 7 nitrogen and oxygen atoms in total. The van der Waals surface area contributed by atoms with Gasteiger partial charge in [-0.15, -0.1) is 11.3 Å². The third-order valence-electron chi connectivity index (χ3n) is 4.41. The van der Waals surface area contributed by atoms with Gasteiger partial charge in [0.15, 0.2) is 0 Å². The molecule has 0 saturated heterocycles. The molecule has 0 radical (unpaired) electrons. The van der Waals surface area contributed by atoms with Crippen molar-refractivity contribution >= 4 is 23.2 Å². The average molecular weight is 368 g/mol. The number of carbonyl (C=O) groups excluding carboxylic acids is 1. The summed E-state index contributed by atoms with van der Waals surface area (Å²) in [5.41, 5.74) is 1.07. The van der Waals surface area contributed by atoms with Gasteiger partial charge in [-0.05, 0) is 30.0 Å². The van der Waals surface area contributed by atoms with Gasteiger partial charge in [-0.1, -0.05) is 6.07 Å². The fourth-order valence-electron chi connectivity index (χ4n) is 3.21. The fraction of sp³-hybridized carbons (Fsp3) is 0.333. The van der Waals surface area contributed by atoms with Crippen LogP contribution >= 0.6 is 11.3 Å². The molecule has 0 saturated carbocycles. The first kappa shape index (κ1) is 16.7. The van der Waals surface area contributed by atoms with Crippen molar-refractivity contribution < 1.29 is 4.79 Å². The van der Waals surface area contributed by atoms with Crippen molar-refractivity contribution in [1.29, 1.82) is 0 Å². The Morgan fingerprint density at radius 2 is 2.12 bits per heavy atom. The van der Waals surface area contributed by atoms with E-state index in [0.717, 1.165) is 12.1 Å². The second-order valence-electron chi connectivity index (χ2n) is 6.23. The predicted octanol–water partition coefficient (Wildman–Crippen LogP) is 2.04. The number of aromatic nitrogens is 4. The van der Waals surface area contributed by atoms with E-state index in [2.05, 4.69) is 36.7 Å². The van der Waals surface area contributed by atoms with E-state index in [1.165, 1.54) is 4.88 Å². The van der Waals surface area contributed by atoms with E-state index in [0.29, 0.717) is 32.0 Å². The standard InChI is InChI=1S/C18H20N6OS/c25-17(19-8-5-16-3-1-10-26-16)11-15-13-23(18-20-6-2-7-21-18)12-14-4-9-22-24(14)15/h1-4,6-7,9-10,15H,5,8,11-13H2,(H,19,25). The van der Waals surface area contributed by atoms with Crippen molar-refractivity contribution in [2.75, 3.05) is 18.0 Å². The van der Waals surface area contributed by atoms with E-state index in [1.54, 1.807) is 36.0 Å². The Labute approximate surface area is 155 Å². The lowest BCUT2D eigenvalue weighted by molar-refractivity contribution is -0.121. The highest BCUT2D eigenvalue weighted by Gasteiger charge is 2.28. The van der Waals surface area contributed by atoms with Gasteiger partial charge in [0.05, 0.1) is 24.7 Å². The first-order valence-corrected chi connectivity index (χ1v) is 9.51. The maximum Gasteiger partial charge on any atom is 0.225 e. The molecule has 1 N–H and O–H groups in total. The molecule has 1 amide bonds. The Kier molecular flexibility index (Phi) is 4.92. The number of fused-ring (bicyclic) bond motifs is 1. The first-order chi connectivity index (χ1) is 12.8. The third kappa shape index (κ3) is 3.75. The van der Waals surface area contributed by atoms with Gasteiger partial charge in [-0.25, -0.2) is 9.97 Å². The molecular weight excluding hydrogens is 348 g/mol. The van der Waals surface area contributed by atoms with Crippen LogP contribution in [-0.4, -0.2) is 38.7 Å². The zero-order valence-electron chi connectivity index (χ0n) is 14.3. The van der Waals surface area contributed by atoms with E-state index in [-0.39, 0.29) is 11.9 Å². The number of nitrogens with zero attached hydrogens (tertiary/aromatic N) is 5. The van der Waals surface area contributed by atoms with Crippen LogP contribution in [-0.2, 0) is 17.8 Å². The van der Waals surface area contributed by atoms with E-state index in [4.69, 9.17) is 0 Å². The van der Waals surface area contributed by atoms with E-state index >= 15 is 0 Å². The molecule has 3 aromatic heterocycles. The van der Waals surface area contributed by atoms with Crippen molar-refractivity contribution in [2.24, 2.45) is 0 Å². The molecule has 1 aliphatic heterocycles. The second-order valence-corrected chi connectivity index (χ2v) is 7.27. The number of hydrogen-bond donors (Lipinski definition) is 1. The quantitative estimate of drug-likeness (QED) is 0.721. The van der Waals surface area contributed by atoms with Gasteiger partial charge >= 0.3 is 0 Å². The summed E-state index contributed by atoms with van der Waals surface area (Å²) in [5, 5.41) is 9.49. The molecule has 4 heterocycles. The van der Waals surface area contributed by atoms with E-state index in [1.807, 2.05) is 16.8 Å². The zero-order valence-corrected chi connectivity index (χ0v) is 15.1. The molecule has 3 aromatic rings. The smallest absolute Gasteiger partial charge is 0.225 e. The molecule has 0 spiro atoms. The lowest BCUT2D eigenvalue weighted by Gasteiger charge is -2.33. The molecule has 0 aromatic carbocycles. The molecule has 0 aliphatic carbocycles. The van der Waals surface area contributed by atoms with E-state index < -0.39 is 0 Å². The molecule has 4 rings (SSSR count). The van der Waals surface area contributed by atoms with Gasteiger partial charge in [-0.3, -0.25) is 9.48 Å². The minimum Gasteiger partial charge on any atom is -0.356 e. The Morgan fingerprint density at radius 3 is 2.92 bits per heavy atom. The normalized spacial score (nSPS) is 16.3. The Balaban J connectivity index is 1.39. The summed E-state index contributed by atoms with van der Waals surface area (Å²) in [5.74, 6) is 0.729. The van der Waals surface area contributed by atoms with Crippen molar-refractivity contribution in [3.8, 4) is 0 Å². The van der Waals surface area contributed by atoms with Crippen LogP contribution in [0, 0.1) is 0 Å². The molecular formula is C18H20N6OS. The summed E-state index contributed by atoms with van der Waals surface area (Å²) in [4.78, 5) is 24.5. The Hall–Kier alpha value is -2.74. The number of carbonyl (C=O) groups is 1. The van der Waals surface area contributed by atoms with Crippen LogP contribution < -0.4 is 10.2 Å². The summed E-state index contributed by atoms with van der Waals surface area (Å²) in [6, 6.07) is 7.88. The van der Waals surface area contributed by atoms with Crippen LogP contribution in [0.2, 0.25) is 0 Å². The lowest BCUT2D eigenvalue weighted by atomic mass is 10.1. The topological polar surface area (TPSA) is 75.9 Å². The predicted molar refractivity (Wildman–Crippen MR) is 100.0 cm³/mol. The highest BCUT2D eigenvalue weighted by atomic mass is 32.1. The van der Waals surface area contributed by atoms with Crippen LogP contribution in [0.4, 0.5) is 5.95 Å². The minimum absolute atomic E-state index is 0.0284. The summed E-state index contributed by atoms with van der Waals surface area (Å²) in [6.07, 6.45) is 6.51. The molecule has 1 unspecified atom stereocenters. The highest BCUT2D eigenvalue weighted by Crippen LogP contribution is 2.25. The minimum atomic E-state index is -0.0284. The lowest BCUT2D eigenvalue weighted by Crippen LogP contribution is -2.41. The second kappa shape index (κ2) is 7.65. The SMILES string of the molecule is O=C(CC1CN(c2ncccn2)Cc2ccnn21)NCCc1cccs1. The van der Waals surface area contributed by atoms with Gasteiger partial charge in [0.2, 0.25) is 11.9 Å². The Morgan fingerprint density at radius 1 is 1.23 bits per heavy atom. The van der Waals surface area contributed by atoms with Crippen LogP contribution in [0.1, 0.15) is 23.0 Å². The molecule has 1 aliphatic rings. The fourth-order valence-corrected chi connectivity index (χ4v) is 3.92. The average Bonchev–Trinajstić information content (AvgIpc) is 3.34. The summed E-state index contributed by atoms with van der Waals surface area (Å²) in [6.45, 7) is 2.01. The van der Waals surface area contributed by atoms with Crippen molar-refractivity contribution in [3.63, 3.8) is 0 Å². The van der Waals surface area contributed by atoms with Crippen molar-refractivity contribution in [1.82, 2.24) is 25.1 Å². The maximum atomic E-state index is 12.4. The number of thiophene rings is 1. The van der Waals surface area contributed by atoms with Gasteiger partial charge in [0.25, 0.3) is 0 Å². The number of hydrogen-bond acceptors (Lipinski definition) is 6. The van der Waals surface area contributed by atoms with Crippen LogP contribution in [0.5, 0.6) is 0 Å². The van der Waals surface area contributed by atoms with Crippen LogP contribution in [0.25, 0.3) is 0 Å². The summed E-state index contributed by atoms with van der Waals surface area (Å²) < 4.78 is 1.96. The van der Waals surface area contributed by atoms with Gasteiger partial charge in [0, 0.05) is 36.6 Å². The van der Waals surface area contributed by atoms with Crippen molar-refractivity contribution in [3.05, 3.63) is 58.8 Å². The zero-order chi connectivity index (χ0) is 17.8. The molecule has 26 heavy (non-hydrogen) atoms. The first-order valence-electron chi connectivity index (χ1n) is 8.63.